The number of nitrogens with zero attached hydrogens (tertiary/aromatic N) is 3. The number of benzene rings is 1. The van der Waals surface area contributed by atoms with Crippen LogP contribution in [-0.2, 0) is 4.74 Å². The molecule has 2 heterocycles. The van der Waals surface area contributed by atoms with Gasteiger partial charge in [0.2, 0.25) is 11.5 Å². The third-order valence-corrected chi connectivity index (χ3v) is 3.97. The molecule has 0 saturated carbocycles. The monoisotopic (exact) mass is 404 g/mol. The average Bonchev–Trinajstić information content (AvgIpc) is 3.17. The Kier molecular flexibility index (Phi) is 6.49. The van der Waals surface area contributed by atoms with Crippen molar-refractivity contribution in [1.29, 1.82) is 0 Å². The molecule has 0 radical (unpaired) electrons. The van der Waals surface area contributed by atoms with E-state index < -0.39 is 5.97 Å². The summed E-state index contributed by atoms with van der Waals surface area (Å²) in [5.41, 5.74) is 1.71. The predicted octanol–water partition coefficient (Wildman–Crippen LogP) is 4.08. The van der Waals surface area contributed by atoms with Crippen LogP contribution in [0.15, 0.2) is 49.3 Å². The first-order valence-electron chi connectivity index (χ1n) is 9.23. The van der Waals surface area contributed by atoms with E-state index in [0.717, 1.165) is 0 Å². The van der Waals surface area contributed by atoms with Crippen molar-refractivity contribution in [2.75, 3.05) is 6.61 Å². The number of rotatable bonds is 8. The molecule has 0 fully saturated rings. The highest BCUT2D eigenvalue weighted by Gasteiger charge is 2.18. The highest BCUT2D eigenvalue weighted by atomic mass is 16.5. The van der Waals surface area contributed by atoms with Crippen molar-refractivity contribution in [3.8, 4) is 11.6 Å². The van der Waals surface area contributed by atoms with Crippen molar-refractivity contribution in [2.45, 2.75) is 13.8 Å². The van der Waals surface area contributed by atoms with E-state index in [2.05, 4.69) is 26.5 Å². The normalized spacial score (nSPS) is 10.7. The Balaban J connectivity index is 1.80. The van der Waals surface area contributed by atoms with Gasteiger partial charge in [0.15, 0.2) is 5.82 Å². The zero-order valence-electron chi connectivity index (χ0n) is 16.6. The van der Waals surface area contributed by atoms with E-state index in [1.54, 1.807) is 37.3 Å². The van der Waals surface area contributed by atoms with Gasteiger partial charge in [-0.25, -0.2) is 19.7 Å². The standard InChI is InChI=1S/C22H20N4O4/c1-4-7-17-16(5-2)25-20(26-17)19(27)14-8-10-15(11-9-14)30-21-18(22(28)29-6-3)23-12-13-24-21/h4-5,7-13H,2,6H2,1,3H3,(H,25,26)/b7-4-. The number of esters is 1. The summed E-state index contributed by atoms with van der Waals surface area (Å²) in [6.45, 7) is 7.49. The summed E-state index contributed by atoms with van der Waals surface area (Å²) < 4.78 is 10.6. The van der Waals surface area contributed by atoms with Gasteiger partial charge in [-0.3, -0.25) is 4.79 Å². The minimum Gasteiger partial charge on any atom is -0.461 e. The molecule has 0 aliphatic rings. The molecule has 0 aliphatic heterocycles. The minimum atomic E-state index is -0.625. The summed E-state index contributed by atoms with van der Waals surface area (Å²) in [7, 11) is 0. The van der Waals surface area contributed by atoms with E-state index in [1.807, 2.05) is 19.1 Å². The molecule has 0 amide bonds. The molecule has 8 heteroatoms. The van der Waals surface area contributed by atoms with E-state index in [9.17, 15) is 9.59 Å². The van der Waals surface area contributed by atoms with Crippen molar-refractivity contribution in [3.63, 3.8) is 0 Å². The summed E-state index contributed by atoms with van der Waals surface area (Å²) in [5.74, 6) is -0.274. The number of allylic oxidation sites excluding steroid dienone is 1. The Morgan fingerprint density at radius 2 is 1.90 bits per heavy atom. The lowest BCUT2D eigenvalue weighted by Crippen LogP contribution is -2.09. The maximum absolute atomic E-state index is 12.7. The van der Waals surface area contributed by atoms with Crippen LogP contribution >= 0.6 is 0 Å². The zero-order chi connectivity index (χ0) is 21.5. The molecule has 3 aromatic rings. The SMILES string of the molecule is C=Cc1nc(C(=O)c2ccc(Oc3nccnc3C(=O)OCC)cc2)[nH]c1/C=C\C. The zero-order valence-corrected chi connectivity index (χ0v) is 16.6. The van der Waals surface area contributed by atoms with Gasteiger partial charge < -0.3 is 14.5 Å². The predicted molar refractivity (Wildman–Crippen MR) is 111 cm³/mol. The van der Waals surface area contributed by atoms with Crippen LogP contribution in [-0.4, -0.2) is 38.3 Å². The fourth-order valence-electron chi connectivity index (χ4n) is 2.62. The molecule has 2 aromatic heterocycles. The molecule has 152 valence electrons. The minimum absolute atomic E-state index is 0.0210. The van der Waals surface area contributed by atoms with Crippen molar-refractivity contribution in [3.05, 3.63) is 77.8 Å². The van der Waals surface area contributed by atoms with Crippen LogP contribution in [0.3, 0.4) is 0 Å². The number of ether oxygens (including phenoxy) is 2. The van der Waals surface area contributed by atoms with Crippen LogP contribution in [0.2, 0.25) is 0 Å². The van der Waals surface area contributed by atoms with Gasteiger partial charge in [-0.1, -0.05) is 12.7 Å². The van der Waals surface area contributed by atoms with Crippen molar-refractivity contribution >= 4 is 23.9 Å². The highest BCUT2D eigenvalue weighted by molar-refractivity contribution is 6.07. The largest absolute Gasteiger partial charge is 0.461 e. The quantitative estimate of drug-likeness (QED) is 0.445. The Labute approximate surface area is 173 Å². The fourth-order valence-corrected chi connectivity index (χ4v) is 2.62. The highest BCUT2D eigenvalue weighted by Crippen LogP contribution is 2.23. The van der Waals surface area contributed by atoms with Crippen molar-refractivity contribution in [1.82, 2.24) is 19.9 Å². The van der Waals surface area contributed by atoms with Gasteiger partial charge in [0.05, 0.1) is 18.0 Å². The Morgan fingerprint density at radius 1 is 1.17 bits per heavy atom. The van der Waals surface area contributed by atoms with Gasteiger partial charge in [0.25, 0.3) is 5.88 Å². The van der Waals surface area contributed by atoms with Gasteiger partial charge in [0.1, 0.15) is 5.75 Å². The third-order valence-electron chi connectivity index (χ3n) is 3.97. The number of nitrogens with one attached hydrogen (secondary N) is 1. The number of ketones is 1. The van der Waals surface area contributed by atoms with E-state index in [1.165, 1.54) is 12.4 Å². The molecule has 8 nitrogen and oxygen atoms in total. The summed E-state index contributed by atoms with van der Waals surface area (Å²) in [6.07, 6.45) is 8.04. The van der Waals surface area contributed by atoms with Gasteiger partial charge in [-0.2, -0.15) is 0 Å². The number of imidazole rings is 1. The van der Waals surface area contributed by atoms with Crippen LogP contribution in [0.5, 0.6) is 11.6 Å². The Bertz CT molecular complexity index is 1100. The van der Waals surface area contributed by atoms with E-state index in [4.69, 9.17) is 9.47 Å². The van der Waals surface area contributed by atoms with Gasteiger partial charge >= 0.3 is 5.97 Å². The van der Waals surface area contributed by atoms with Gasteiger partial charge in [-0.15, -0.1) is 0 Å². The van der Waals surface area contributed by atoms with Gasteiger partial charge in [0, 0.05) is 18.0 Å². The lowest BCUT2D eigenvalue weighted by molar-refractivity contribution is 0.0515. The number of hydrogen-bond donors (Lipinski definition) is 1. The summed E-state index contributed by atoms with van der Waals surface area (Å²) in [6, 6.07) is 6.40. The second kappa shape index (κ2) is 9.42. The first-order valence-corrected chi connectivity index (χ1v) is 9.23. The number of carbonyl (C=O) groups excluding carboxylic acids is 2. The van der Waals surface area contributed by atoms with Crippen LogP contribution in [0.1, 0.15) is 51.9 Å². The topological polar surface area (TPSA) is 107 Å². The van der Waals surface area contributed by atoms with Crippen LogP contribution < -0.4 is 4.74 Å². The maximum atomic E-state index is 12.7. The first kappa shape index (κ1) is 20.7. The number of aromatic nitrogens is 4. The maximum Gasteiger partial charge on any atom is 0.362 e. The van der Waals surface area contributed by atoms with E-state index >= 15 is 0 Å². The molecule has 0 spiro atoms. The number of carbonyl (C=O) groups is 2. The molecule has 30 heavy (non-hydrogen) atoms. The van der Waals surface area contributed by atoms with Crippen molar-refractivity contribution in [2.24, 2.45) is 0 Å². The molecular weight excluding hydrogens is 384 g/mol. The smallest absolute Gasteiger partial charge is 0.362 e. The van der Waals surface area contributed by atoms with Crippen LogP contribution in [0, 0.1) is 0 Å². The lowest BCUT2D eigenvalue weighted by Gasteiger charge is -2.08. The molecule has 1 aromatic carbocycles. The number of aromatic amines is 1. The molecule has 0 aliphatic carbocycles. The summed E-state index contributed by atoms with van der Waals surface area (Å²) >= 11 is 0. The molecule has 0 saturated heterocycles. The number of H-pyrrole nitrogens is 1. The number of hydrogen-bond acceptors (Lipinski definition) is 7. The van der Waals surface area contributed by atoms with Crippen molar-refractivity contribution < 1.29 is 19.1 Å². The second-order valence-corrected chi connectivity index (χ2v) is 5.97. The Morgan fingerprint density at radius 3 is 2.57 bits per heavy atom. The Hall–Kier alpha value is -4.07. The molecule has 3 rings (SSSR count). The molecular formula is C22H20N4O4. The van der Waals surface area contributed by atoms with Crippen LogP contribution in [0.25, 0.3) is 12.2 Å². The summed E-state index contributed by atoms with van der Waals surface area (Å²) in [5, 5.41) is 0. The fraction of sp³-hybridized carbons (Fsp3) is 0.136. The second-order valence-electron chi connectivity index (χ2n) is 5.97. The third kappa shape index (κ3) is 4.49. The molecule has 0 atom stereocenters. The van der Waals surface area contributed by atoms with Crippen LogP contribution in [0.4, 0.5) is 0 Å². The molecule has 0 unspecified atom stereocenters. The van der Waals surface area contributed by atoms with Gasteiger partial charge in [-0.05, 0) is 50.3 Å². The average molecular weight is 404 g/mol. The molecule has 1 N–H and O–H groups in total. The summed E-state index contributed by atoms with van der Waals surface area (Å²) in [4.78, 5) is 40.0. The van der Waals surface area contributed by atoms with E-state index in [-0.39, 0.29) is 29.8 Å². The lowest BCUT2D eigenvalue weighted by atomic mass is 10.1. The molecule has 0 bridgehead atoms. The van der Waals surface area contributed by atoms with E-state index in [0.29, 0.717) is 22.7 Å². The first-order chi connectivity index (χ1) is 14.6.